The molecule has 62 valence electrons. The van der Waals surface area contributed by atoms with Crippen LogP contribution in [-0.2, 0) is 6.42 Å². The van der Waals surface area contributed by atoms with Gasteiger partial charge in [0.15, 0.2) is 0 Å². The van der Waals surface area contributed by atoms with Crippen LogP contribution in [0, 0.1) is 11.3 Å². The number of rotatable bonds is 1. The van der Waals surface area contributed by atoms with Gasteiger partial charge in [-0.05, 0) is 17.7 Å². The first-order valence-electron chi connectivity index (χ1n) is 4.11. The van der Waals surface area contributed by atoms with Crippen LogP contribution in [0.15, 0.2) is 36.5 Å². The van der Waals surface area contributed by atoms with Crippen molar-refractivity contribution in [1.29, 1.82) is 5.26 Å². The third-order valence-corrected chi connectivity index (χ3v) is 2.01. The van der Waals surface area contributed by atoms with Crippen LogP contribution in [0.4, 0.5) is 0 Å². The van der Waals surface area contributed by atoms with E-state index >= 15 is 0 Å². The first-order chi connectivity index (χ1) is 6.42. The van der Waals surface area contributed by atoms with Crippen molar-refractivity contribution < 1.29 is 0 Å². The molecule has 0 unspecified atom stereocenters. The molecule has 0 saturated heterocycles. The second-order valence-electron chi connectivity index (χ2n) is 2.82. The summed E-state index contributed by atoms with van der Waals surface area (Å²) in [5, 5.41) is 9.68. The van der Waals surface area contributed by atoms with Gasteiger partial charge in [0.05, 0.1) is 18.0 Å². The molecular formula is C11H8N2. The number of fused-ring (bicyclic) bond motifs is 1. The normalized spacial score (nSPS) is 9.77. The predicted molar refractivity (Wildman–Crippen MR) is 51.1 cm³/mol. The Bertz CT molecular complexity index is 463. The minimum atomic E-state index is 0.447. The third-order valence-electron chi connectivity index (χ3n) is 2.01. The Hall–Kier alpha value is -1.88. The number of nitrogens with zero attached hydrogens (tertiary/aromatic N) is 2. The highest BCUT2D eigenvalue weighted by Gasteiger charge is 1.98. The fourth-order valence-corrected chi connectivity index (χ4v) is 1.39. The molecular weight excluding hydrogens is 160 g/mol. The highest BCUT2D eigenvalue weighted by molar-refractivity contribution is 5.82. The second-order valence-corrected chi connectivity index (χ2v) is 2.82. The van der Waals surface area contributed by atoms with Gasteiger partial charge >= 0.3 is 0 Å². The second kappa shape index (κ2) is 3.24. The number of pyridine rings is 1. The van der Waals surface area contributed by atoms with Gasteiger partial charge in [-0.2, -0.15) is 5.26 Å². The number of aromatic nitrogens is 1. The van der Waals surface area contributed by atoms with Gasteiger partial charge in [-0.3, -0.25) is 4.98 Å². The van der Waals surface area contributed by atoms with Gasteiger partial charge in [0.1, 0.15) is 0 Å². The monoisotopic (exact) mass is 168 g/mol. The molecule has 0 bridgehead atoms. The minimum absolute atomic E-state index is 0.447. The maximum Gasteiger partial charge on any atom is 0.0705 e. The summed E-state index contributed by atoms with van der Waals surface area (Å²) in [4.78, 5) is 4.21. The van der Waals surface area contributed by atoms with Gasteiger partial charge in [0.2, 0.25) is 0 Å². The highest BCUT2D eigenvalue weighted by atomic mass is 14.6. The summed E-state index contributed by atoms with van der Waals surface area (Å²) in [7, 11) is 0. The van der Waals surface area contributed by atoms with Gasteiger partial charge in [0.25, 0.3) is 0 Å². The molecule has 1 heterocycles. The van der Waals surface area contributed by atoms with Crippen molar-refractivity contribution >= 4 is 10.9 Å². The molecule has 0 amide bonds. The zero-order valence-electron chi connectivity index (χ0n) is 7.07. The molecule has 0 spiro atoms. The maximum atomic E-state index is 8.61. The molecule has 2 heteroatoms. The lowest BCUT2D eigenvalue weighted by molar-refractivity contribution is 1.26. The van der Waals surface area contributed by atoms with Crippen molar-refractivity contribution in [2.45, 2.75) is 6.42 Å². The number of hydrogen-bond donors (Lipinski definition) is 0. The zero-order valence-corrected chi connectivity index (χ0v) is 7.07. The van der Waals surface area contributed by atoms with E-state index in [0.29, 0.717) is 6.42 Å². The molecule has 13 heavy (non-hydrogen) atoms. The van der Waals surface area contributed by atoms with E-state index in [1.165, 1.54) is 0 Å². The first-order valence-corrected chi connectivity index (χ1v) is 4.11. The standard InChI is InChI=1S/C11H8N2/c12-7-5-9-6-8-13-11-4-2-1-3-10(9)11/h1-4,6,8H,5H2. The summed E-state index contributed by atoms with van der Waals surface area (Å²) in [6, 6.07) is 11.9. The Morgan fingerprint density at radius 2 is 2.08 bits per heavy atom. The van der Waals surface area contributed by atoms with Crippen LogP contribution in [-0.4, -0.2) is 4.98 Å². The zero-order chi connectivity index (χ0) is 9.10. The summed E-state index contributed by atoms with van der Waals surface area (Å²) in [6.45, 7) is 0. The fourth-order valence-electron chi connectivity index (χ4n) is 1.39. The molecule has 2 aromatic rings. The molecule has 0 aliphatic heterocycles. The molecule has 2 nitrogen and oxygen atoms in total. The van der Waals surface area contributed by atoms with E-state index < -0.39 is 0 Å². The van der Waals surface area contributed by atoms with Gasteiger partial charge in [0, 0.05) is 11.6 Å². The van der Waals surface area contributed by atoms with Crippen molar-refractivity contribution in [3.05, 3.63) is 42.1 Å². The predicted octanol–water partition coefficient (Wildman–Crippen LogP) is 2.30. The SMILES string of the molecule is N#CCc1ccnc2ccccc12. The number of hydrogen-bond acceptors (Lipinski definition) is 2. The topological polar surface area (TPSA) is 36.7 Å². The van der Waals surface area contributed by atoms with Crippen LogP contribution in [0.25, 0.3) is 10.9 Å². The highest BCUT2D eigenvalue weighted by Crippen LogP contribution is 2.15. The van der Waals surface area contributed by atoms with Crippen LogP contribution in [0.3, 0.4) is 0 Å². The van der Waals surface area contributed by atoms with Crippen molar-refractivity contribution in [1.82, 2.24) is 4.98 Å². The summed E-state index contributed by atoms with van der Waals surface area (Å²) in [5.74, 6) is 0. The van der Waals surface area contributed by atoms with Crippen LogP contribution >= 0.6 is 0 Å². The number of benzene rings is 1. The molecule has 0 radical (unpaired) electrons. The smallest absolute Gasteiger partial charge is 0.0705 e. The molecule has 0 N–H and O–H groups in total. The average molecular weight is 168 g/mol. The lowest BCUT2D eigenvalue weighted by atomic mass is 10.1. The summed E-state index contributed by atoms with van der Waals surface area (Å²) < 4.78 is 0. The van der Waals surface area contributed by atoms with Gasteiger partial charge in [-0.15, -0.1) is 0 Å². The molecule has 0 aliphatic rings. The van der Waals surface area contributed by atoms with Gasteiger partial charge < -0.3 is 0 Å². The first kappa shape index (κ1) is 7.75. The van der Waals surface area contributed by atoms with Crippen LogP contribution < -0.4 is 0 Å². The molecule has 2 rings (SSSR count). The molecule has 0 saturated carbocycles. The van der Waals surface area contributed by atoms with Crippen molar-refractivity contribution in [3.8, 4) is 6.07 Å². The molecule has 0 atom stereocenters. The summed E-state index contributed by atoms with van der Waals surface area (Å²) in [5.41, 5.74) is 2.00. The van der Waals surface area contributed by atoms with E-state index in [2.05, 4.69) is 11.1 Å². The summed E-state index contributed by atoms with van der Waals surface area (Å²) in [6.07, 6.45) is 2.19. The fraction of sp³-hybridized carbons (Fsp3) is 0.0909. The largest absolute Gasteiger partial charge is 0.256 e. The molecule has 1 aromatic heterocycles. The van der Waals surface area contributed by atoms with E-state index in [1.54, 1.807) is 6.20 Å². The molecule has 1 aromatic carbocycles. The minimum Gasteiger partial charge on any atom is -0.256 e. The third kappa shape index (κ3) is 1.36. The number of para-hydroxylation sites is 1. The van der Waals surface area contributed by atoms with Gasteiger partial charge in [-0.25, -0.2) is 0 Å². The maximum absolute atomic E-state index is 8.61. The van der Waals surface area contributed by atoms with E-state index in [4.69, 9.17) is 5.26 Å². The van der Waals surface area contributed by atoms with Crippen molar-refractivity contribution in [2.24, 2.45) is 0 Å². The van der Waals surface area contributed by atoms with Gasteiger partial charge in [-0.1, -0.05) is 18.2 Å². The van der Waals surface area contributed by atoms with E-state index in [9.17, 15) is 0 Å². The van der Waals surface area contributed by atoms with Crippen LogP contribution in [0.1, 0.15) is 5.56 Å². The Morgan fingerprint density at radius 3 is 2.92 bits per heavy atom. The molecule has 0 fully saturated rings. The lowest BCUT2D eigenvalue weighted by Crippen LogP contribution is -1.86. The number of nitriles is 1. The molecule has 0 aliphatic carbocycles. The van der Waals surface area contributed by atoms with Crippen molar-refractivity contribution in [3.63, 3.8) is 0 Å². The lowest BCUT2D eigenvalue weighted by Gasteiger charge is -2.00. The Kier molecular flexibility index (Phi) is 1.93. The van der Waals surface area contributed by atoms with Crippen LogP contribution in [0.5, 0.6) is 0 Å². The quantitative estimate of drug-likeness (QED) is 0.655. The Balaban J connectivity index is 2.70. The van der Waals surface area contributed by atoms with E-state index in [1.807, 2.05) is 30.3 Å². The average Bonchev–Trinajstić information content (AvgIpc) is 2.19. The summed E-state index contributed by atoms with van der Waals surface area (Å²) >= 11 is 0. The van der Waals surface area contributed by atoms with Crippen molar-refractivity contribution in [2.75, 3.05) is 0 Å². The Labute approximate surface area is 76.5 Å². The Morgan fingerprint density at radius 1 is 1.23 bits per heavy atom. The van der Waals surface area contributed by atoms with E-state index in [0.717, 1.165) is 16.5 Å². The van der Waals surface area contributed by atoms with Crippen LogP contribution in [0.2, 0.25) is 0 Å². The van der Waals surface area contributed by atoms with E-state index in [-0.39, 0.29) is 0 Å².